The molecule has 0 bridgehead atoms. The molecule has 1 aliphatic rings. The van der Waals surface area contributed by atoms with Crippen LogP contribution < -0.4 is 5.32 Å². The zero-order valence-electron chi connectivity index (χ0n) is 10.3. The van der Waals surface area contributed by atoms with Crippen LogP contribution in [0.25, 0.3) is 0 Å². The van der Waals surface area contributed by atoms with Crippen LogP contribution >= 0.6 is 23.1 Å². The molecule has 1 aromatic heterocycles. The number of nitrogens with one attached hydrogen (secondary N) is 1. The summed E-state index contributed by atoms with van der Waals surface area (Å²) in [6, 6.07) is 0. The molecule has 0 aliphatic carbocycles. The fourth-order valence-corrected chi connectivity index (χ4v) is 3.24. The van der Waals surface area contributed by atoms with Gasteiger partial charge < -0.3 is 10.1 Å². The van der Waals surface area contributed by atoms with Crippen molar-refractivity contribution in [3.63, 3.8) is 0 Å². The summed E-state index contributed by atoms with van der Waals surface area (Å²) in [5.41, 5.74) is 0. The molecule has 108 valence electrons. The second-order valence-corrected chi connectivity index (χ2v) is 6.51. The van der Waals surface area contributed by atoms with Crippen molar-refractivity contribution in [2.75, 3.05) is 31.3 Å². The van der Waals surface area contributed by atoms with E-state index in [1.165, 1.54) is 0 Å². The molecule has 0 unspecified atom stereocenters. The Kier molecular flexibility index (Phi) is 4.57. The maximum atomic E-state index is 12.4. The van der Waals surface area contributed by atoms with Crippen molar-refractivity contribution in [1.29, 1.82) is 0 Å². The number of hydrogen-bond acceptors (Lipinski definition) is 6. The minimum Gasteiger partial charge on any atom is -0.381 e. The first-order chi connectivity index (χ1) is 8.95. The zero-order chi connectivity index (χ0) is 13.9. The Balaban J connectivity index is 1.96. The third-order valence-electron chi connectivity index (χ3n) is 3.07. The maximum Gasteiger partial charge on any atom is 0.445 e. The van der Waals surface area contributed by atoms with Crippen molar-refractivity contribution >= 4 is 28.2 Å². The molecule has 0 amide bonds. The second kappa shape index (κ2) is 5.84. The third-order valence-corrected chi connectivity index (χ3v) is 5.41. The molecule has 2 heterocycles. The molecule has 9 heteroatoms. The number of ether oxygens (including phenoxy) is 1. The molecule has 1 N–H and O–H groups in total. The first-order valence-corrected chi connectivity index (χ1v) is 7.77. The van der Waals surface area contributed by atoms with Gasteiger partial charge in [-0.05, 0) is 19.1 Å². The molecule has 1 fully saturated rings. The molecule has 0 radical (unpaired) electrons. The van der Waals surface area contributed by atoms with E-state index in [-0.39, 0.29) is 9.88 Å². The molecular weight excluding hydrogens is 299 g/mol. The Morgan fingerprint density at radius 3 is 2.58 bits per heavy atom. The third kappa shape index (κ3) is 3.73. The Labute approximate surface area is 117 Å². The van der Waals surface area contributed by atoms with Gasteiger partial charge in [0.2, 0.25) is 10.1 Å². The molecule has 0 atom stereocenters. The van der Waals surface area contributed by atoms with E-state index in [2.05, 4.69) is 15.5 Å². The van der Waals surface area contributed by atoms with Gasteiger partial charge >= 0.3 is 6.18 Å². The molecule has 19 heavy (non-hydrogen) atoms. The topological polar surface area (TPSA) is 47.0 Å². The smallest absolute Gasteiger partial charge is 0.381 e. The lowest BCUT2D eigenvalue weighted by Crippen LogP contribution is -2.39. The van der Waals surface area contributed by atoms with Gasteiger partial charge in [0.1, 0.15) is 0 Å². The molecule has 0 spiro atoms. The van der Waals surface area contributed by atoms with Crippen LogP contribution in [0.2, 0.25) is 0 Å². The molecule has 1 aliphatic heterocycles. The first-order valence-electron chi connectivity index (χ1n) is 5.73. The average Bonchev–Trinajstić information content (AvgIpc) is 2.86. The van der Waals surface area contributed by atoms with Gasteiger partial charge in [-0.2, -0.15) is 24.9 Å². The van der Waals surface area contributed by atoms with Crippen LogP contribution in [0.3, 0.4) is 0 Å². The highest BCUT2D eigenvalue weighted by Gasteiger charge is 2.36. The number of anilines is 1. The predicted molar refractivity (Wildman–Crippen MR) is 69.7 cm³/mol. The van der Waals surface area contributed by atoms with Gasteiger partial charge in [0.15, 0.2) is 0 Å². The van der Waals surface area contributed by atoms with Gasteiger partial charge in [0, 0.05) is 24.5 Å². The van der Waals surface area contributed by atoms with Crippen LogP contribution in [0.4, 0.5) is 18.3 Å². The summed E-state index contributed by atoms with van der Waals surface area (Å²) in [6.45, 7) is 1.95. The van der Waals surface area contributed by atoms with Gasteiger partial charge in [-0.25, -0.2) is 0 Å². The number of aromatic nitrogens is 2. The number of nitrogens with zero attached hydrogens (tertiary/aromatic N) is 2. The SMILES string of the molecule is CSC1(CNc2nnc(C(F)(F)F)s2)CCOCC1. The van der Waals surface area contributed by atoms with Crippen LogP contribution in [-0.4, -0.2) is 41.0 Å². The van der Waals surface area contributed by atoms with Crippen LogP contribution in [0.5, 0.6) is 0 Å². The largest absolute Gasteiger partial charge is 0.445 e. The number of rotatable bonds is 4. The van der Waals surface area contributed by atoms with E-state index in [0.717, 1.165) is 12.8 Å². The summed E-state index contributed by atoms with van der Waals surface area (Å²) in [5.74, 6) is 0. The highest BCUT2D eigenvalue weighted by Crippen LogP contribution is 2.36. The van der Waals surface area contributed by atoms with Crippen LogP contribution in [0, 0.1) is 0 Å². The zero-order valence-corrected chi connectivity index (χ0v) is 11.9. The van der Waals surface area contributed by atoms with E-state index in [0.29, 0.717) is 31.1 Å². The summed E-state index contributed by atoms with van der Waals surface area (Å²) in [5, 5.41) is 8.94. The predicted octanol–water partition coefficient (Wildman–Crippen LogP) is 2.88. The van der Waals surface area contributed by atoms with Gasteiger partial charge in [0.05, 0.1) is 0 Å². The summed E-state index contributed by atoms with van der Waals surface area (Å²) in [6.07, 6.45) is -0.653. The average molecular weight is 313 g/mol. The molecule has 1 saturated heterocycles. The molecule has 0 saturated carbocycles. The van der Waals surface area contributed by atoms with E-state index in [1.807, 2.05) is 6.26 Å². The standard InChI is InChI=1S/C10H14F3N3OS2/c1-18-9(2-4-17-5-3-9)6-14-8-16-15-7(19-8)10(11,12)13/h2-6H2,1H3,(H,14,16). The van der Waals surface area contributed by atoms with E-state index < -0.39 is 11.2 Å². The van der Waals surface area contributed by atoms with E-state index >= 15 is 0 Å². The first kappa shape index (κ1) is 14.9. The van der Waals surface area contributed by atoms with Crippen molar-refractivity contribution < 1.29 is 17.9 Å². The summed E-state index contributed by atoms with van der Waals surface area (Å²) < 4.78 is 42.5. The van der Waals surface area contributed by atoms with Crippen LogP contribution in [-0.2, 0) is 10.9 Å². The highest BCUT2D eigenvalue weighted by molar-refractivity contribution is 8.00. The summed E-state index contributed by atoms with van der Waals surface area (Å²) >= 11 is 2.26. The normalized spacial score (nSPS) is 19.4. The highest BCUT2D eigenvalue weighted by atomic mass is 32.2. The van der Waals surface area contributed by atoms with Crippen LogP contribution in [0.15, 0.2) is 0 Å². The maximum absolute atomic E-state index is 12.4. The van der Waals surface area contributed by atoms with Gasteiger partial charge in [-0.15, -0.1) is 10.2 Å². The van der Waals surface area contributed by atoms with Crippen molar-refractivity contribution in [2.24, 2.45) is 0 Å². The molecule has 1 aromatic rings. The summed E-state index contributed by atoms with van der Waals surface area (Å²) in [7, 11) is 0. The monoisotopic (exact) mass is 313 g/mol. The Bertz CT molecular complexity index is 418. The van der Waals surface area contributed by atoms with Crippen molar-refractivity contribution in [3.8, 4) is 0 Å². The summed E-state index contributed by atoms with van der Waals surface area (Å²) in [4.78, 5) is 0. The quantitative estimate of drug-likeness (QED) is 0.926. The second-order valence-electron chi connectivity index (χ2n) is 4.26. The van der Waals surface area contributed by atoms with E-state index in [4.69, 9.17) is 4.74 Å². The molecule has 4 nitrogen and oxygen atoms in total. The van der Waals surface area contributed by atoms with Gasteiger partial charge in [-0.3, -0.25) is 0 Å². The molecule has 2 rings (SSSR count). The molecular formula is C10H14F3N3OS2. The fraction of sp³-hybridized carbons (Fsp3) is 0.800. The van der Waals surface area contributed by atoms with Gasteiger partial charge in [-0.1, -0.05) is 11.3 Å². The van der Waals surface area contributed by atoms with Crippen molar-refractivity contribution in [3.05, 3.63) is 5.01 Å². The number of hydrogen-bond donors (Lipinski definition) is 1. The fourth-order valence-electron chi connectivity index (χ4n) is 1.84. The van der Waals surface area contributed by atoms with Crippen LogP contribution in [0.1, 0.15) is 17.8 Å². The number of thioether (sulfide) groups is 1. The lowest BCUT2D eigenvalue weighted by molar-refractivity contribution is -0.138. The van der Waals surface area contributed by atoms with Crippen molar-refractivity contribution in [2.45, 2.75) is 23.8 Å². The number of halogens is 3. The Morgan fingerprint density at radius 1 is 1.37 bits per heavy atom. The van der Waals surface area contributed by atoms with E-state index in [9.17, 15) is 13.2 Å². The minimum atomic E-state index is -4.42. The van der Waals surface area contributed by atoms with Crippen molar-refractivity contribution in [1.82, 2.24) is 10.2 Å². The Morgan fingerprint density at radius 2 is 2.05 bits per heavy atom. The number of alkyl halides is 3. The lowest BCUT2D eigenvalue weighted by Gasteiger charge is -2.35. The lowest BCUT2D eigenvalue weighted by atomic mass is 9.99. The molecule has 0 aromatic carbocycles. The Hall–Kier alpha value is -0.540. The van der Waals surface area contributed by atoms with E-state index in [1.54, 1.807) is 11.8 Å². The minimum absolute atomic E-state index is 0.00230. The van der Waals surface area contributed by atoms with Gasteiger partial charge in [0.25, 0.3) is 0 Å².